The molecule has 1 aliphatic rings. The fraction of sp³-hybridized carbons (Fsp3) is 0.158. The number of nitrogens with zero attached hydrogens (tertiary/aromatic N) is 1. The maximum Gasteiger partial charge on any atom is 0.278 e. The van der Waals surface area contributed by atoms with Gasteiger partial charge in [0.25, 0.3) is 11.8 Å². The van der Waals surface area contributed by atoms with Crippen molar-refractivity contribution in [2.75, 3.05) is 18.5 Å². The van der Waals surface area contributed by atoms with E-state index < -0.39 is 0 Å². The molecule has 5 nitrogen and oxygen atoms in total. The molecule has 3 rings (SSSR count). The van der Waals surface area contributed by atoms with Crippen molar-refractivity contribution in [3.05, 3.63) is 65.0 Å². The number of hydrogen-bond donors (Lipinski definition) is 1. The van der Waals surface area contributed by atoms with Crippen LogP contribution in [0.3, 0.4) is 0 Å². The molecule has 25 heavy (non-hydrogen) atoms. The lowest BCUT2D eigenvalue weighted by Crippen LogP contribution is -2.32. The lowest BCUT2D eigenvalue weighted by Gasteiger charge is -2.14. The first-order valence-electron chi connectivity index (χ1n) is 7.91. The summed E-state index contributed by atoms with van der Waals surface area (Å²) < 4.78 is 5.60. The summed E-state index contributed by atoms with van der Waals surface area (Å²) in [6.07, 6.45) is 1.54. The summed E-state index contributed by atoms with van der Waals surface area (Å²) in [5.74, 6) is -0.0474. The van der Waals surface area contributed by atoms with Gasteiger partial charge in [-0.25, -0.2) is 0 Å². The van der Waals surface area contributed by atoms with E-state index in [0.29, 0.717) is 23.6 Å². The van der Waals surface area contributed by atoms with Gasteiger partial charge in [0.15, 0.2) is 0 Å². The summed E-state index contributed by atoms with van der Waals surface area (Å²) in [7, 11) is 0. The lowest BCUT2D eigenvalue weighted by molar-refractivity contribution is -0.136. The van der Waals surface area contributed by atoms with E-state index in [1.54, 1.807) is 6.08 Å². The molecule has 128 valence electrons. The van der Waals surface area contributed by atoms with Crippen LogP contribution in [0.2, 0.25) is 0 Å². The number of anilines is 1. The molecule has 0 atom stereocenters. The highest BCUT2D eigenvalue weighted by Gasteiger charge is 2.39. The Bertz CT molecular complexity index is 840. The number of benzene rings is 1. The van der Waals surface area contributed by atoms with Crippen LogP contribution >= 0.6 is 11.3 Å². The predicted octanol–water partition coefficient (Wildman–Crippen LogP) is 3.52. The molecule has 1 aliphatic heterocycles. The fourth-order valence-corrected chi connectivity index (χ4v) is 3.39. The van der Waals surface area contributed by atoms with Crippen molar-refractivity contribution >= 4 is 34.4 Å². The highest BCUT2D eigenvalue weighted by Crippen LogP contribution is 2.34. The molecule has 0 spiro atoms. The third-order valence-corrected chi connectivity index (χ3v) is 4.58. The lowest BCUT2D eigenvalue weighted by atomic mass is 10.2. The van der Waals surface area contributed by atoms with Gasteiger partial charge in [0, 0.05) is 11.4 Å². The smallest absolute Gasteiger partial charge is 0.278 e. The maximum absolute atomic E-state index is 12.8. The van der Waals surface area contributed by atoms with Crippen molar-refractivity contribution in [3.8, 4) is 5.75 Å². The first-order chi connectivity index (χ1) is 12.2. The summed E-state index contributed by atoms with van der Waals surface area (Å²) in [5.41, 5.74) is 1.30. The Labute approximate surface area is 150 Å². The molecule has 0 saturated carbocycles. The summed E-state index contributed by atoms with van der Waals surface area (Å²) in [5, 5.41) is 4.99. The van der Waals surface area contributed by atoms with Crippen molar-refractivity contribution in [2.24, 2.45) is 0 Å². The van der Waals surface area contributed by atoms with Crippen molar-refractivity contribution in [1.82, 2.24) is 4.90 Å². The van der Waals surface area contributed by atoms with Crippen molar-refractivity contribution in [3.63, 3.8) is 0 Å². The van der Waals surface area contributed by atoms with E-state index in [0.717, 1.165) is 4.88 Å². The highest BCUT2D eigenvalue weighted by atomic mass is 32.1. The SMILES string of the molecule is C=CCN1C(=O)C(Nc2ccccc2OCC)=C(c2cccs2)C1=O. The van der Waals surface area contributed by atoms with Crippen LogP contribution in [-0.4, -0.2) is 29.9 Å². The van der Waals surface area contributed by atoms with Gasteiger partial charge < -0.3 is 10.1 Å². The molecule has 0 saturated heterocycles. The van der Waals surface area contributed by atoms with Crippen molar-refractivity contribution < 1.29 is 14.3 Å². The maximum atomic E-state index is 12.8. The van der Waals surface area contributed by atoms with Crippen molar-refractivity contribution in [1.29, 1.82) is 0 Å². The zero-order valence-corrected chi connectivity index (χ0v) is 14.6. The molecular formula is C19H18N2O3S. The minimum Gasteiger partial charge on any atom is -0.492 e. The monoisotopic (exact) mass is 354 g/mol. The Hall–Kier alpha value is -2.86. The molecule has 2 heterocycles. The van der Waals surface area contributed by atoms with Gasteiger partial charge in [-0.05, 0) is 30.5 Å². The number of carbonyl (C=O) groups is 2. The number of thiophene rings is 1. The van der Waals surface area contributed by atoms with E-state index >= 15 is 0 Å². The molecule has 0 aliphatic carbocycles. The van der Waals surface area contributed by atoms with Crippen LogP contribution in [0.1, 0.15) is 11.8 Å². The molecule has 0 fully saturated rings. The Balaban J connectivity index is 2.05. The molecule has 1 N–H and O–H groups in total. The zero-order valence-electron chi connectivity index (χ0n) is 13.8. The molecule has 2 aromatic rings. The van der Waals surface area contributed by atoms with E-state index in [1.165, 1.54) is 16.2 Å². The second-order valence-corrected chi connectivity index (χ2v) is 6.24. The molecule has 0 unspecified atom stereocenters. The van der Waals surface area contributed by atoms with Crippen LogP contribution in [0, 0.1) is 0 Å². The van der Waals surface area contributed by atoms with Gasteiger partial charge in [-0.15, -0.1) is 17.9 Å². The number of para-hydroxylation sites is 2. The molecule has 0 bridgehead atoms. The number of carbonyl (C=O) groups excluding carboxylic acids is 2. The van der Waals surface area contributed by atoms with E-state index in [2.05, 4.69) is 11.9 Å². The van der Waals surface area contributed by atoms with E-state index in [1.807, 2.05) is 48.7 Å². The van der Waals surface area contributed by atoms with Crippen LogP contribution in [0.25, 0.3) is 5.57 Å². The quantitative estimate of drug-likeness (QED) is 0.610. The number of amides is 2. The van der Waals surface area contributed by atoms with Crippen LogP contribution in [0.15, 0.2) is 60.1 Å². The Morgan fingerprint density at radius 1 is 1.20 bits per heavy atom. The number of rotatable bonds is 7. The first-order valence-corrected chi connectivity index (χ1v) is 8.79. The normalized spacial score (nSPS) is 14.2. The van der Waals surface area contributed by atoms with Gasteiger partial charge in [0.1, 0.15) is 11.4 Å². The van der Waals surface area contributed by atoms with Gasteiger partial charge in [-0.1, -0.05) is 24.3 Å². The number of ether oxygens (including phenoxy) is 1. The molecule has 1 aromatic carbocycles. The zero-order chi connectivity index (χ0) is 17.8. The van der Waals surface area contributed by atoms with Gasteiger partial charge in [0.2, 0.25) is 0 Å². The molecular weight excluding hydrogens is 336 g/mol. The highest BCUT2D eigenvalue weighted by molar-refractivity contribution is 7.11. The summed E-state index contributed by atoms with van der Waals surface area (Å²) in [6, 6.07) is 11.0. The Morgan fingerprint density at radius 2 is 2.00 bits per heavy atom. The van der Waals surface area contributed by atoms with Crippen LogP contribution in [0.4, 0.5) is 5.69 Å². The van der Waals surface area contributed by atoms with E-state index in [-0.39, 0.29) is 24.1 Å². The average molecular weight is 354 g/mol. The van der Waals surface area contributed by atoms with Gasteiger partial charge >= 0.3 is 0 Å². The second-order valence-electron chi connectivity index (χ2n) is 5.29. The van der Waals surface area contributed by atoms with E-state index in [9.17, 15) is 9.59 Å². The summed E-state index contributed by atoms with van der Waals surface area (Å²) >= 11 is 1.42. The number of nitrogens with one attached hydrogen (secondary N) is 1. The topological polar surface area (TPSA) is 58.6 Å². The minimum absolute atomic E-state index is 0.171. The van der Waals surface area contributed by atoms with Crippen LogP contribution in [0.5, 0.6) is 5.75 Å². The Kier molecular flexibility index (Phi) is 5.00. The number of hydrogen-bond acceptors (Lipinski definition) is 5. The summed E-state index contributed by atoms with van der Waals surface area (Å²) in [4.78, 5) is 27.5. The Morgan fingerprint density at radius 3 is 2.68 bits per heavy atom. The molecule has 6 heteroatoms. The largest absolute Gasteiger partial charge is 0.492 e. The van der Waals surface area contributed by atoms with Crippen LogP contribution in [-0.2, 0) is 9.59 Å². The second kappa shape index (κ2) is 7.36. The van der Waals surface area contributed by atoms with E-state index in [4.69, 9.17) is 4.74 Å². The molecule has 0 radical (unpaired) electrons. The average Bonchev–Trinajstić information content (AvgIpc) is 3.20. The van der Waals surface area contributed by atoms with Gasteiger partial charge in [0.05, 0.1) is 17.9 Å². The van der Waals surface area contributed by atoms with Crippen molar-refractivity contribution in [2.45, 2.75) is 6.92 Å². The third kappa shape index (κ3) is 3.21. The molecule has 1 aromatic heterocycles. The summed E-state index contributed by atoms with van der Waals surface area (Å²) in [6.45, 7) is 6.19. The molecule has 2 amide bonds. The predicted molar refractivity (Wildman–Crippen MR) is 99.4 cm³/mol. The van der Waals surface area contributed by atoms with Gasteiger partial charge in [-0.2, -0.15) is 0 Å². The first kappa shape index (κ1) is 17.0. The van der Waals surface area contributed by atoms with Crippen LogP contribution < -0.4 is 10.1 Å². The van der Waals surface area contributed by atoms with Gasteiger partial charge in [-0.3, -0.25) is 14.5 Å². The minimum atomic E-state index is -0.361. The number of imide groups is 1. The third-order valence-electron chi connectivity index (χ3n) is 3.69. The fourth-order valence-electron chi connectivity index (χ4n) is 2.62. The standard InChI is InChI=1S/C19H18N2O3S/c1-3-11-21-18(22)16(15-10-7-12-25-15)17(19(21)23)20-13-8-5-6-9-14(13)24-4-2/h3,5-10,12,20H,1,4,11H2,2H3.